The third kappa shape index (κ3) is 6.36. The molecule has 0 radical (unpaired) electrons. The minimum Gasteiger partial charge on any atom is -0.350 e. The number of carbonyl (C=O) groups is 2. The van der Waals surface area contributed by atoms with Gasteiger partial charge in [-0.1, -0.05) is 23.3 Å². The third-order valence-corrected chi connectivity index (χ3v) is 3.37. The van der Waals surface area contributed by atoms with Crippen LogP contribution in [0.25, 0.3) is 0 Å². The molecule has 0 spiro atoms. The summed E-state index contributed by atoms with van der Waals surface area (Å²) in [5.41, 5.74) is 2.53. The fourth-order valence-corrected chi connectivity index (χ4v) is 2.18. The van der Waals surface area contributed by atoms with Gasteiger partial charge in [0.2, 0.25) is 11.8 Å². The number of amides is 2. The number of carbonyl (C=O) groups excluding carboxylic acids is 2. The van der Waals surface area contributed by atoms with Crippen molar-refractivity contribution in [3.05, 3.63) is 58.9 Å². The summed E-state index contributed by atoms with van der Waals surface area (Å²) in [5.74, 6) is -0.727. The van der Waals surface area contributed by atoms with Crippen LogP contribution in [0.3, 0.4) is 0 Å². The van der Waals surface area contributed by atoms with Gasteiger partial charge >= 0.3 is 0 Å². The van der Waals surface area contributed by atoms with E-state index in [0.29, 0.717) is 0 Å². The third-order valence-electron chi connectivity index (χ3n) is 3.37. The molecule has 1 aromatic rings. The lowest BCUT2D eigenvalue weighted by Gasteiger charge is -2.28. The van der Waals surface area contributed by atoms with Gasteiger partial charge in [0.25, 0.3) is 0 Å². The Labute approximate surface area is 143 Å². The number of allylic oxidation sites excluding steroid dienone is 2. The average molecular weight is 332 g/mol. The first-order valence-corrected chi connectivity index (χ1v) is 7.80. The molecular weight excluding hydrogens is 307 g/mol. The maximum atomic E-state index is 13.2. The lowest BCUT2D eigenvalue weighted by atomic mass is 10.0. The van der Waals surface area contributed by atoms with Crippen LogP contribution in [0.15, 0.2) is 47.6 Å². The summed E-state index contributed by atoms with van der Waals surface area (Å²) in [5, 5.41) is 2.79. The van der Waals surface area contributed by atoms with Crippen molar-refractivity contribution in [2.24, 2.45) is 0 Å². The van der Waals surface area contributed by atoms with Crippen molar-refractivity contribution in [2.75, 3.05) is 13.6 Å². The molecule has 2 amide bonds. The largest absolute Gasteiger partial charge is 0.350 e. The molecular formula is C19H25FN2O2. The lowest BCUT2D eigenvalue weighted by molar-refractivity contribution is -0.127. The second-order valence-corrected chi connectivity index (χ2v) is 6.21. The number of rotatable bonds is 6. The Hall–Kier alpha value is -2.43. The van der Waals surface area contributed by atoms with Crippen LogP contribution < -0.4 is 5.32 Å². The molecule has 0 saturated heterocycles. The van der Waals surface area contributed by atoms with E-state index in [4.69, 9.17) is 0 Å². The van der Waals surface area contributed by atoms with Crippen molar-refractivity contribution >= 4 is 11.8 Å². The van der Waals surface area contributed by atoms with Crippen molar-refractivity contribution < 1.29 is 14.0 Å². The van der Waals surface area contributed by atoms with Gasteiger partial charge in [-0.3, -0.25) is 9.59 Å². The predicted octanol–water partition coefficient (Wildman–Crippen LogP) is 3.37. The zero-order valence-electron chi connectivity index (χ0n) is 14.9. The number of benzene rings is 1. The molecule has 0 saturated carbocycles. The Morgan fingerprint density at radius 2 is 1.62 bits per heavy atom. The number of nitrogens with one attached hydrogen (secondary N) is 1. The van der Waals surface area contributed by atoms with E-state index in [9.17, 15) is 14.0 Å². The fraction of sp³-hybridized carbons (Fsp3) is 0.368. The first-order chi connectivity index (χ1) is 11.2. The molecule has 0 heterocycles. The normalized spacial score (nSPS) is 11.2. The fourth-order valence-electron chi connectivity index (χ4n) is 2.18. The first-order valence-electron chi connectivity index (χ1n) is 7.80. The molecule has 4 nitrogen and oxygen atoms in total. The van der Waals surface area contributed by atoms with E-state index in [0.717, 1.165) is 16.7 Å². The maximum absolute atomic E-state index is 13.2. The zero-order chi connectivity index (χ0) is 18.3. The monoisotopic (exact) mass is 332 g/mol. The van der Waals surface area contributed by atoms with Crippen LogP contribution in [0.5, 0.6) is 0 Å². The number of likely N-dealkylation sites (N-methyl/N-ethyl adjacent to an activating group) is 1. The Morgan fingerprint density at radius 3 is 2.12 bits per heavy atom. The van der Waals surface area contributed by atoms with E-state index in [2.05, 4.69) is 5.32 Å². The smallest absolute Gasteiger partial charge is 0.246 e. The summed E-state index contributed by atoms with van der Waals surface area (Å²) in [6.45, 7) is 7.60. The number of hydrogen-bond acceptors (Lipinski definition) is 2. The van der Waals surface area contributed by atoms with Gasteiger partial charge in [-0.2, -0.15) is 0 Å². The Bertz CT molecular complexity index is 640. The van der Waals surface area contributed by atoms with E-state index in [1.165, 1.54) is 24.3 Å². The van der Waals surface area contributed by atoms with Crippen molar-refractivity contribution in [2.45, 2.75) is 33.7 Å². The Morgan fingerprint density at radius 1 is 1.08 bits per heavy atom. The van der Waals surface area contributed by atoms with E-state index < -0.39 is 0 Å². The van der Waals surface area contributed by atoms with Crippen LogP contribution in [0, 0.1) is 5.82 Å². The standard InChI is InChI=1S/C19H25FN2O2/c1-13(2)10-18(23)21-12-17(15-6-8-16(20)9-7-15)22(5)19(24)11-14(3)4/h6-11,17H,12H2,1-5H3,(H,21,23)/t17-/m0/s1. The van der Waals surface area contributed by atoms with Gasteiger partial charge in [-0.15, -0.1) is 0 Å². The van der Waals surface area contributed by atoms with E-state index in [-0.39, 0.29) is 30.2 Å². The van der Waals surface area contributed by atoms with Crippen molar-refractivity contribution in [1.82, 2.24) is 10.2 Å². The number of nitrogens with zero attached hydrogens (tertiary/aromatic N) is 1. The van der Waals surface area contributed by atoms with Crippen molar-refractivity contribution in [3.63, 3.8) is 0 Å². The van der Waals surface area contributed by atoms with Crippen LogP contribution in [0.1, 0.15) is 39.3 Å². The highest BCUT2D eigenvalue weighted by Crippen LogP contribution is 2.20. The second kappa shape index (κ2) is 9.01. The minimum absolute atomic E-state index is 0.166. The summed E-state index contributed by atoms with van der Waals surface area (Å²) >= 11 is 0. The molecule has 1 N–H and O–H groups in total. The molecule has 0 aromatic heterocycles. The number of hydrogen-bond donors (Lipinski definition) is 1. The van der Waals surface area contributed by atoms with Crippen LogP contribution in [-0.2, 0) is 9.59 Å². The number of halogens is 1. The van der Waals surface area contributed by atoms with Crippen molar-refractivity contribution in [3.8, 4) is 0 Å². The van der Waals surface area contributed by atoms with Gasteiger partial charge in [0.15, 0.2) is 0 Å². The summed E-state index contributed by atoms with van der Waals surface area (Å²) in [4.78, 5) is 25.7. The molecule has 0 fully saturated rings. The summed E-state index contributed by atoms with van der Waals surface area (Å²) in [6.07, 6.45) is 3.04. The van der Waals surface area contributed by atoms with Gasteiger partial charge in [-0.05, 0) is 45.4 Å². The predicted molar refractivity (Wildman–Crippen MR) is 93.8 cm³/mol. The molecule has 0 aliphatic rings. The van der Waals surface area contributed by atoms with Crippen LogP contribution >= 0.6 is 0 Å². The van der Waals surface area contributed by atoms with Gasteiger partial charge in [-0.25, -0.2) is 4.39 Å². The van der Waals surface area contributed by atoms with Crippen LogP contribution in [-0.4, -0.2) is 30.3 Å². The van der Waals surface area contributed by atoms with E-state index in [1.54, 1.807) is 24.1 Å². The molecule has 0 bridgehead atoms. The Kier molecular flexibility index (Phi) is 7.36. The van der Waals surface area contributed by atoms with Gasteiger partial charge < -0.3 is 10.2 Å². The molecule has 0 unspecified atom stereocenters. The highest BCUT2D eigenvalue weighted by molar-refractivity contribution is 5.89. The lowest BCUT2D eigenvalue weighted by Crippen LogP contribution is -2.38. The molecule has 0 aliphatic heterocycles. The van der Waals surface area contributed by atoms with E-state index >= 15 is 0 Å². The first kappa shape index (κ1) is 19.6. The maximum Gasteiger partial charge on any atom is 0.246 e. The zero-order valence-corrected chi connectivity index (χ0v) is 14.9. The molecule has 24 heavy (non-hydrogen) atoms. The summed E-state index contributed by atoms with van der Waals surface area (Å²) < 4.78 is 13.2. The highest BCUT2D eigenvalue weighted by Gasteiger charge is 2.21. The Balaban J connectivity index is 3.01. The van der Waals surface area contributed by atoms with Gasteiger partial charge in [0, 0.05) is 25.7 Å². The van der Waals surface area contributed by atoms with Crippen LogP contribution in [0.4, 0.5) is 4.39 Å². The molecule has 1 aromatic carbocycles. The molecule has 0 aliphatic carbocycles. The molecule has 1 atom stereocenters. The highest BCUT2D eigenvalue weighted by atomic mass is 19.1. The molecule has 130 valence electrons. The van der Waals surface area contributed by atoms with E-state index in [1.807, 2.05) is 27.7 Å². The molecule has 5 heteroatoms. The quantitative estimate of drug-likeness (QED) is 0.812. The summed E-state index contributed by atoms with van der Waals surface area (Å²) in [6, 6.07) is 5.56. The van der Waals surface area contributed by atoms with Gasteiger partial charge in [0.1, 0.15) is 5.82 Å². The minimum atomic E-state index is -0.386. The summed E-state index contributed by atoms with van der Waals surface area (Å²) in [7, 11) is 1.67. The topological polar surface area (TPSA) is 49.4 Å². The second-order valence-electron chi connectivity index (χ2n) is 6.21. The van der Waals surface area contributed by atoms with Gasteiger partial charge in [0.05, 0.1) is 6.04 Å². The SMILES string of the molecule is CC(C)=CC(=O)NC[C@@H](c1ccc(F)cc1)N(C)C(=O)C=C(C)C. The average Bonchev–Trinajstić information content (AvgIpc) is 2.47. The van der Waals surface area contributed by atoms with Crippen LogP contribution in [0.2, 0.25) is 0 Å². The molecule has 1 rings (SSSR count). The van der Waals surface area contributed by atoms with Crippen molar-refractivity contribution in [1.29, 1.82) is 0 Å².